The maximum Gasteiger partial charge on any atom is 0.359 e. The first-order valence-corrected chi connectivity index (χ1v) is 8.69. The van der Waals surface area contributed by atoms with Gasteiger partial charge in [-0.25, -0.2) is 14.8 Å². The second kappa shape index (κ2) is 10.0. The van der Waals surface area contributed by atoms with E-state index in [4.69, 9.17) is 10.5 Å². The average molecular weight is 382 g/mol. The zero-order chi connectivity index (χ0) is 20.5. The fraction of sp³-hybridized carbons (Fsp3) is 0.300. The molecule has 2 rings (SSSR count). The zero-order valence-electron chi connectivity index (χ0n) is 15.8. The Hall–Kier alpha value is -3.44. The number of ether oxygens (including phenoxy) is 1. The summed E-state index contributed by atoms with van der Waals surface area (Å²) in [6, 6.07) is 7.08. The lowest BCUT2D eigenvalue weighted by molar-refractivity contribution is -0.117. The Balaban J connectivity index is 2.20. The van der Waals surface area contributed by atoms with E-state index in [1.807, 2.05) is 0 Å². The molecule has 0 aliphatic carbocycles. The summed E-state index contributed by atoms with van der Waals surface area (Å²) in [6.45, 7) is 2.33. The lowest BCUT2D eigenvalue weighted by Gasteiger charge is -2.10. The van der Waals surface area contributed by atoms with E-state index in [1.165, 1.54) is 11.1 Å². The topological polar surface area (TPSA) is 119 Å². The minimum Gasteiger partial charge on any atom is -0.461 e. The van der Waals surface area contributed by atoms with Gasteiger partial charge in [0.1, 0.15) is 6.10 Å². The van der Waals surface area contributed by atoms with Crippen LogP contribution in [-0.2, 0) is 9.53 Å². The van der Waals surface area contributed by atoms with Crippen molar-refractivity contribution in [3.05, 3.63) is 41.7 Å². The third-order valence-electron chi connectivity index (χ3n) is 3.72. The van der Waals surface area contributed by atoms with E-state index < -0.39 is 12.1 Å². The number of nitrogens with two attached hydrogens (primary N) is 1. The van der Waals surface area contributed by atoms with Crippen molar-refractivity contribution in [3.63, 3.8) is 0 Å². The van der Waals surface area contributed by atoms with E-state index in [9.17, 15) is 14.7 Å². The first-order chi connectivity index (χ1) is 13.4. The summed E-state index contributed by atoms with van der Waals surface area (Å²) in [5, 5.41) is 9.91. The summed E-state index contributed by atoms with van der Waals surface area (Å²) in [5.74, 6) is 5.33. The van der Waals surface area contributed by atoms with Crippen LogP contribution in [0.2, 0.25) is 0 Å². The van der Waals surface area contributed by atoms with Gasteiger partial charge in [-0.05, 0) is 19.1 Å². The molecule has 1 heterocycles. The van der Waals surface area contributed by atoms with Gasteiger partial charge in [0.2, 0.25) is 6.41 Å². The SMILES string of the molecule is CCOC(=O)c1nc(-c2cccc(C#C[C@H](O)CCN(C)C=O)c2)ncc1N. The molecule has 3 N–H and O–H groups in total. The van der Waals surface area contributed by atoms with Crippen LogP contribution in [0.25, 0.3) is 11.4 Å². The van der Waals surface area contributed by atoms with Crippen LogP contribution in [0.1, 0.15) is 29.4 Å². The lowest BCUT2D eigenvalue weighted by Crippen LogP contribution is -2.21. The van der Waals surface area contributed by atoms with Crippen LogP contribution >= 0.6 is 0 Å². The summed E-state index contributed by atoms with van der Waals surface area (Å²) in [5.41, 5.74) is 7.22. The van der Waals surface area contributed by atoms with Gasteiger partial charge < -0.3 is 20.5 Å². The molecule has 0 saturated carbocycles. The summed E-state index contributed by atoms with van der Waals surface area (Å²) < 4.78 is 4.95. The number of rotatable bonds is 7. The highest BCUT2D eigenvalue weighted by Crippen LogP contribution is 2.19. The molecule has 0 aliphatic heterocycles. The van der Waals surface area contributed by atoms with Gasteiger partial charge in [-0.1, -0.05) is 24.0 Å². The van der Waals surface area contributed by atoms with Gasteiger partial charge in [0.15, 0.2) is 11.5 Å². The van der Waals surface area contributed by atoms with Crippen molar-refractivity contribution in [2.45, 2.75) is 19.4 Å². The largest absolute Gasteiger partial charge is 0.461 e. The predicted octanol–water partition coefficient (Wildman–Crippen LogP) is 1.09. The minimum absolute atomic E-state index is 0.0121. The Bertz CT molecular complexity index is 905. The van der Waals surface area contributed by atoms with Gasteiger partial charge in [0, 0.05) is 31.1 Å². The molecule has 28 heavy (non-hydrogen) atoms. The van der Waals surface area contributed by atoms with E-state index in [0.717, 1.165) is 0 Å². The van der Waals surface area contributed by atoms with Gasteiger partial charge in [0.05, 0.1) is 18.5 Å². The van der Waals surface area contributed by atoms with Crippen LogP contribution in [0.4, 0.5) is 5.69 Å². The number of carbonyl (C=O) groups is 2. The van der Waals surface area contributed by atoms with Crippen molar-refractivity contribution in [3.8, 4) is 23.2 Å². The summed E-state index contributed by atoms with van der Waals surface area (Å²) in [6.07, 6.45) is 1.56. The number of hydrogen-bond acceptors (Lipinski definition) is 7. The van der Waals surface area contributed by atoms with Crippen molar-refractivity contribution in [2.75, 3.05) is 25.9 Å². The van der Waals surface area contributed by atoms with Crippen LogP contribution in [0.3, 0.4) is 0 Å². The monoisotopic (exact) mass is 382 g/mol. The minimum atomic E-state index is -0.853. The second-order valence-electron chi connectivity index (χ2n) is 5.96. The number of anilines is 1. The fourth-order valence-electron chi connectivity index (χ4n) is 2.25. The van der Waals surface area contributed by atoms with Crippen LogP contribution in [0.15, 0.2) is 30.5 Å². The number of nitrogens with zero attached hydrogens (tertiary/aromatic N) is 3. The van der Waals surface area contributed by atoms with E-state index in [0.29, 0.717) is 36.3 Å². The number of aliphatic hydroxyl groups is 1. The van der Waals surface area contributed by atoms with Crippen LogP contribution in [0.5, 0.6) is 0 Å². The van der Waals surface area contributed by atoms with Crippen molar-refractivity contribution in [1.29, 1.82) is 0 Å². The molecule has 2 aromatic rings. The summed E-state index contributed by atoms with van der Waals surface area (Å²) in [4.78, 5) is 32.3. The van der Waals surface area contributed by atoms with Gasteiger partial charge in [-0.15, -0.1) is 0 Å². The molecule has 1 atom stereocenters. The molecule has 8 heteroatoms. The molecule has 0 aliphatic rings. The molecule has 146 valence electrons. The van der Waals surface area contributed by atoms with Gasteiger partial charge in [-0.3, -0.25) is 4.79 Å². The number of esters is 1. The molecular weight excluding hydrogens is 360 g/mol. The smallest absolute Gasteiger partial charge is 0.359 e. The Kier molecular flexibility index (Phi) is 7.48. The standard InChI is InChI=1S/C20H22N4O4/c1-3-28-20(27)18-17(21)12-22-19(23-18)15-6-4-5-14(11-15)7-8-16(26)9-10-24(2)13-25/h4-6,11-13,16,26H,3,9-10,21H2,1-2H3/t16-/m0/s1. The van der Waals surface area contributed by atoms with E-state index in [-0.39, 0.29) is 18.0 Å². The normalized spacial score (nSPS) is 11.1. The maximum atomic E-state index is 12.0. The third-order valence-corrected chi connectivity index (χ3v) is 3.72. The number of aromatic nitrogens is 2. The Morgan fingerprint density at radius 3 is 2.96 bits per heavy atom. The van der Waals surface area contributed by atoms with E-state index in [1.54, 1.807) is 38.2 Å². The van der Waals surface area contributed by atoms with E-state index in [2.05, 4.69) is 21.8 Å². The molecule has 0 unspecified atom stereocenters. The number of carbonyl (C=O) groups excluding carboxylic acids is 2. The predicted molar refractivity (Wildman–Crippen MR) is 104 cm³/mol. The summed E-state index contributed by atoms with van der Waals surface area (Å²) >= 11 is 0. The number of aliphatic hydroxyl groups excluding tert-OH is 1. The second-order valence-corrected chi connectivity index (χ2v) is 5.96. The van der Waals surface area contributed by atoms with Gasteiger partial charge in [-0.2, -0.15) is 0 Å². The van der Waals surface area contributed by atoms with Crippen LogP contribution < -0.4 is 5.73 Å². The first-order valence-electron chi connectivity index (χ1n) is 8.69. The fourth-order valence-corrected chi connectivity index (χ4v) is 2.25. The average Bonchev–Trinajstić information content (AvgIpc) is 2.71. The highest BCUT2D eigenvalue weighted by Gasteiger charge is 2.15. The van der Waals surface area contributed by atoms with Crippen LogP contribution in [0, 0.1) is 11.8 Å². The molecule has 0 spiro atoms. The molecule has 8 nitrogen and oxygen atoms in total. The molecule has 1 aromatic carbocycles. The molecule has 0 radical (unpaired) electrons. The Morgan fingerprint density at radius 2 is 2.25 bits per heavy atom. The zero-order valence-corrected chi connectivity index (χ0v) is 15.8. The van der Waals surface area contributed by atoms with E-state index >= 15 is 0 Å². The van der Waals surface area contributed by atoms with Gasteiger partial charge >= 0.3 is 5.97 Å². The molecule has 1 aromatic heterocycles. The molecule has 0 bridgehead atoms. The highest BCUT2D eigenvalue weighted by molar-refractivity contribution is 5.93. The van der Waals surface area contributed by atoms with Crippen molar-refractivity contribution in [2.24, 2.45) is 0 Å². The van der Waals surface area contributed by atoms with Crippen LogP contribution in [-0.4, -0.2) is 58.7 Å². The summed E-state index contributed by atoms with van der Waals surface area (Å²) in [7, 11) is 1.63. The number of nitrogen functional groups attached to an aromatic ring is 1. The first kappa shape index (κ1) is 20.9. The van der Waals surface area contributed by atoms with Crippen molar-refractivity contribution < 1.29 is 19.4 Å². The highest BCUT2D eigenvalue weighted by atomic mass is 16.5. The quantitative estimate of drug-likeness (QED) is 0.418. The Labute approximate surface area is 163 Å². The Morgan fingerprint density at radius 1 is 1.46 bits per heavy atom. The molecule has 0 fully saturated rings. The maximum absolute atomic E-state index is 12.0. The number of hydrogen-bond donors (Lipinski definition) is 2. The van der Waals surface area contributed by atoms with Gasteiger partial charge in [0.25, 0.3) is 0 Å². The van der Waals surface area contributed by atoms with Crippen molar-refractivity contribution in [1.82, 2.24) is 14.9 Å². The lowest BCUT2D eigenvalue weighted by atomic mass is 10.1. The molecule has 1 amide bonds. The number of benzene rings is 1. The number of amides is 1. The molecular formula is C20H22N4O4. The van der Waals surface area contributed by atoms with Crippen molar-refractivity contribution >= 4 is 18.1 Å². The third kappa shape index (κ3) is 5.79. The molecule has 0 saturated heterocycles.